The molecule has 2 aromatic heterocycles. The highest BCUT2D eigenvalue weighted by molar-refractivity contribution is 5.67. The summed E-state index contributed by atoms with van der Waals surface area (Å²) in [6.45, 7) is 5.06. The van der Waals surface area contributed by atoms with Crippen LogP contribution in [0.3, 0.4) is 0 Å². The summed E-state index contributed by atoms with van der Waals surface area (Å²) in [6, 6.07) is 9.79. The van der Waals surface area contributed by atoms with Gasteiger partial charge in [-0.25, -0.2) is 9.48 Å². The van der Waals surface area contributed by atoms with Crippen LogP contribution in [-0.4, -0.2) is 55.0 Å². The number of carbonyl (C=O) groups excluding carboxylic acids is 1. The van der Waals surface area contributed by atoms with Crippen LogP contribution in [0.15, 0.2) is 42.9 Å². The van der Waals surface area contributed by atoms with Crippen molar-refractivity contribution in [2.75, 3.05) is 13.1 Å². The second kappa shape index (κ2) is 9.51. The molecule has 1 amide bonds. The van der Waals surface area contributed by atoms with Gasteiger partial charge in [0.15, 0.2) is 0 Å². The number of hydrogen-bond donors (Lipinski definition) is 0. The molecule has 0 unspecified atom stereocenters. The molecule has 1 saturated heterocycles. The van der Waals surface area contributed by atoms with Crippen LogP contribution in [0.5, 0.6) is 5.75 Å². The summed E-state index contributed by atoms with van der Waals surface area (Å²) in [5.74, 6) is 0.683. The van der Waals surface area contributed by atoms with Crippen LogP contribution in [0.4, 0.5) is 4.79 Å². The molecule has 0 spiro atoms. The van der Waals surface area contributed by atoms with Gasteiger partial charge in [-0.15, -0.1) is 5.10 Å². The van der Waals surface area contributed by atoms with E-state index in [1.54, 1.807) is 32.9 Å². The zero-order valence-electron chi connectivity index (χ0n) is 18.1. The molecule has 1 aromatic carbocycles. The molecule has 3 heterocycles. The number of benzene rings is 1. The molecule has 32 heavy (non-hydrogen) atoms. The van der Waals surface area contributed by atoms with E-state index in [2.05, 4.69) is 21.5 Å². The van der Waals surface area contributed by atoms with Gasteiger partial charge in [0.2, 0.25) is 0 Å². The van der Waals surface area contributed by atoms with E-state index < -0.39 is 0 Å². The predicted octanol–water partition coefficient (Wildman–Crippen LogP) is 3.10. The summed E-state index contributed by atoms with van der Waals surface area (Å²) >= 11 is 0. The van der Waals surface area contributed by atoms with Crippen molar-refractivity contribution in [3.63, 3.8) is 0 Å². The molecule has 10 nitrogen and oxygen atoms in total. The average Bonchev–Trinajstić information content (AvgIpc) is 3.48. The predicted molar refractivity (Wildman–Crippen MR) is 114 cm³/mol. The fraction of sp³-hybridized carbons (Fsp3) is 0.409. The molecule has 3 aromatic rings. The molecule has 0 bridgehead atoms. The van der Waals surface area contributed by atoms with E-state index in [0.717, 1.165) is 11.3 Å². The zero-order chi connectivity index (χ0) is 22.5. The molecular weight excluding hydrogens is 410 g/mol. The highest BCUT2D eigenvalue weighted by Gasteiger charge is 2.27. The third-order valence-corrected chi connectivity index (χ3v) is 5.30. The lowest BCUT2D eigenvalue weighted by Gasteiger charge is -2.32. The van der Waals surface area contributed by atoms with Gasteiger partial charge in [-0.2, -0.15) is 10.4 Å². The van der Waals surface area contributed by atoms with Gasteiger partial charge in [-0.3, -0.25) is 4.68 Å². The van der Waals surface area contributed by atoms with Crippen molar-refractivity contribution in [1.82, 2.24) is 29.7 Å². The Morgan fingerprint density at radius 1 is 1.25 bits per heavy atom. The molecule has 1 aliphatic rings. The fourth-order valence-corrected chi connectivity index (χ4v) is 3.67. The number of ether oxygens (including phenoxy) is 2. The minimum Gasteiger partial charge on any atom is -0.489 e. The van der Waals surface area contributed by atoms with Crippen LogP contribution in [0.2, 0.25) is 0 Å². The van der Waals surface area contributed by atoms with Crippen molar-refractivity contribution in [1.29, 1.82) is 5.26 Å². The van der Waals surface area contributed by atoms with Crippen molar-refractivity contribution < 1.29 is 14.3 Å². The van der Waals surface area contributed by atoms with Gasteiger partial charge in [-0.05, 0) is 51.0 Å². The van der Waals surface area contributed by atoms with E-state index in [4.69, 9.17) is 9.47 Å². The molecule has 166 valence electrons. The van der Waals surface area contributed by atoms with Gasteiger partial charge in [0, 0.05) is 18.7 Å². The lowest BCUT2D eigenvalue weighted by molar-refractivity contribution is 0.0652. The highest BCUT2D eigenvalue weighted by atomic mass is 16.6. The highest BCUT2D eigenvalue weighted by Crippen LogP contribution is 2.26. The Bertz CT molecular complexity index is 1080. The van der Waals surface area contributed by atoms with Gasteiger partial charge >= 0.3 is 6.09 Å². The first kappa shape index (κ1) is 21.4. The first-order valence-electron chi connectivity index (χ1n) is 10.6. The number of nitriles is 1. The van der Waals surface area contributed by atoms with E-state index >= 15 is 0 Å². The van der Waals surface area contributed by atoms with E-state index in [-0.39, 0.29) is 24.8 Å². The smallest absolute Gasteiger partial charge is 0.410 e. The van der Waals surface area contributed by atoms with Gasteiger partial charge < -0.3 is 14.4 Å². The Morgan fingerprint density at radius 2 is 2.00 bits per heavy atom. The molecule has 1 fully saturated rings. The lowest BCUT2D eigenvalue weighted by atomic mass is 10.1. The normalized spacial score (nSPS) is 14.4. The van der Waals surface area contributed by atoms with Crippen LogP contribution in [-0.2, 0) is 11.3 Å². The maximum absolute atomic E-state index is 12.1. The van der Waals surface area contributed by atoms with Gasteiger partial charge in [0.1, 0.15) is 24.1 Å². The molecule has 0 atom stereocenters. The minimum atomic E-state index is -0.289. The summed E-state index contributed by atoms with van der Waals surface area (Å²) in [5.41, 5.74) is 2.10. The molecule has 4 rings (SSSR count). The summed E-state index contributed by atoms with van der Waals surface area (Å²) in [7, 11) is 0. The molecule has 0 saturated carbocycles. The second-order valence-corrected chi connectivity index (χ2v) is 7.86. The van der Waals surface area contributed by atoms with Crippen molar-refractivity contribution in [3.8, 4) is 17.5 Å². The van der Waals surface area contributed by atoms with Gasteiger partial charge in [-0.1, -0.05) is 5.21 Å². The number of nitrogens with zero attached hydrogens (tertiary/aromatic N) is 7. The van der Waals surface area contributed by atoms with Crippen LogP contribution in [0.1, 0.15) is 44.0 Å². The largest absolute Gasteiger partial charge is 0.489 e. The summed E-state index contributed by atoms with van der Waals surface area (Å²) < 4.78 is 14.6. The molecule has 0 aliphatic carbocycles. The van der Waals surface area contributed by atoms with Crippen LogP contribution in [0, 0.1) is 11.3 Å². The van der Waals surface area contributed by atoms with E-state index in [9.17, 15) is 10.1 Å². The quantitative estimate of drug-likeness (QED) is 0.585. The number of aromatic nitrogens is 5. The van der Waals surface area contributed by atoms with Crippen molar-refractivity contribution in [2.24, 2.45) is 0 Å². The van der Waals surface area contributed by atoms with Crippen molar-refractivity contribution >= 4 is 6.09 Å². The molecule has 0 N–H and O–H groups in total. The van der Waals surface area contributed by atoms with Crippen molar-refractivity contribution in [3.05, 3.63) is 54.1 Å². The van der Waals surface area contributed by atoms with E-state index in [1.165, 1.54) is 0 Å². The first-order chi connectivity index (χ1) is 15.5. The Morgan fingerprint density at radius 3 is 2.62 bits per heavy atom. The second-order valence-electron chi connectivity index (χ2n) is 7.86. The first-order valence-corrected chi connectivity index (χ1v) is 10.6. The third-order valence-electron chi connectivity index (χ3n) is 5.30. The molecule has 0 radical (unpaired) electrons. The molecule has 1 aliphatic heterocycles. The Balaban J connectivity index is 1.36. The number of rotatable bonds is 6. The monoisotopic (exact) mass is 435 g/mol. The van der Waals surface area contributed by atoms with E-state index in [1.807, 2.05) is 38.1 Å². The average molecular weight is 435 g/mol. The van der Waals surface area contributed by atoms with Crippen LogP contribution < -0.4 is 4.74 Å². The lowest BCUT2D eigenvalue weighted by Crippen LogP contribution is -2.40. The maximum Gasteiger partial charge on any atom is 0.410 e. The Hall–Kier alpha value is -3.87. The molecular formula is C22H25N7O3. The topological polar surface area (TPSA) is 111 Å². The number of piperidine rings is 1. The van der Waals surface area contributed by atoms with Crippen molar-refractivity contribution in [2.45, 2.75) is 45.4 Å². The summed E-state index contributed by atoms with van der Waals surface area (Å²) in [6.07, 6.45) is 6.07. The van der Waals surface area contributed by atoms with E-state index in [0.29, 0.717) is 37.4 Å². The number of hydrogen-bond acceptors (Lipinski definition) is 7. The Kier molecular flexibility index (Phi) is 6.35. The van der Waals surface area contributed by atoms with Gasteiger partial charge in [0.25, 0.3) is 0 Å². The summed E-state index contributed by atoms with van der Waals surface area (Å²) in [4.78, 5) is 13.8. The fourth-order valence-electron chi connectivity index (χ4n) is 3.67. The zero-order valence-corrected chi connectivity index (χ0v) is 18.1. The summed E-state index contributed by atoms with van der Waals surface area (Å²) in [5, 5.41) is 21.9. The third kappa shape index (κ3) is 4.72. The van der Waals surface area contributed by atoms with Crippen LogP contribution in [0.25, 0.3) is 5.69 Å². The minimum absolute atomic E-state index is 0.0588. The SMILES string of the molecule is CC(C)OC(=O)N1CCC(n2ncc(COc3ccc(-n4ccnn4)cc3)c2C#N)CC1. The number of likely N-dealkylation sites (tertiary alicyclic amines) is 1. The standard InChI is InChI=1S/C22H25N7O3/c1-16(2)32-22(30)27-10-7-19(8-11-27)29-21(13-23)17(14-25-29)15-31-20-5-3-18(4-6-20)28-12-9-24-26-28/h3-6,9,12,14,16,19H,7-8,10-11,15H2,1-2H3. The Labute approximate surface area is 185 Å². The molecule has 10 heteroatoms. The number of amides is 1. The van der Waals surface area contributed by atoms with Gasteiger partial charge in [0.05, 0.1) is 36.4 Å². The maximum atomic E-state index is 12.1. The van der Waals surface area contributed by atoms with Crippen LogP contribution >= 0.6 is 0 Å². The number of carbonyl (C=O) groups is 1.